The average molecular weight is 531 g/mol. The predicted molar refractivity (Wildman–Crippen MR) is 146 cm³/mol. The maximum absolute atomic E-state index is 10.7. The van der Waals surface area contributed by atoms with Crippen molar-refractivity contribution in [1.82, 2.24) is 0 Å². The number of hydrogen-bond acceptors (Lipinski definition) is 4. The van der Waals surface area contributed by atoms with Crippen LogP contribution in [0.4, 0.5) is 0 Å². The van der Waals surface area contributed by atoms with E-state index in [9.17, 15) is 19.2 Å². The highest BCUT2D eigenvalue weighted by molar-refractivity contribution is 5.92. The van der Waals surface area contributed by atoms with Gasteiger partial charge in [-0.3, -0.25) is 19.2 Å². The van der Waals surface area contributed by atoms with E-state index in [1.54, 1.807) is 0 Å². The molecule has 0 saturated carbocycles. The van der Waals surface area contributed by atoms with Crippen molar-refractivity contribution in [2.75, 3.05) is 0 Å². The van der Waals surface area contributed by atoms with Crippen molar-refractivity contribution >= 4 is 23.9 Å². The van der Waals surface area contributed by atoms with Gasteiger partial charge in [-0.25, -0.2) is 0 Å². The Labute approximate surface area is 224 Å². The summed E-state index contributed by atoms with van der Waals surface area (Å²) in [6.45, 7) is 2.25. The first-order chi connectivity index (χ1) is 17.7. The normalized spacial score (nSPS) is 10.6. The third-order valence-electron chi connectivity index (χ3n) is 6.47. The molecule has 0 atom stereocenters. The number of carbonyl (C=O) groups is 4. The van der Waals surface area contributed by atoms with Gasteiger partial charge in [-0.05, 0) is 19.3 Å². The molecule has 0 aromatic rings. The van der Waals surface area contributed by atoms with Gasteiger partial charge in [0.2, 0.25) is 0 Å². The van der Waals surface area contributed by atoms with Crippen molar-refractivity contribution in [2.45, 2.75) is 155 Å². The Kier molecular flexibility index (Phi) is 28.5. The first-order valence-electron chi connectivity index (χ1n) is 14.6. The van der Waals surface area contributed by atoms with Crippen molar-refractivity contribution in [1.29, 1.82) is 0 Å². The minimum absolute atomic E-state index is 0.245. The molecular weight excluding hydrogens is 476 g/mol. The zero-order valence-corrected chi connectivity index (χ0v) is 23.3. The summed E-state index contributed by atoms with van der Waals surface area (Å²) in [7, 11) is 0. The molecule has 0 bridgehead atoms. The summed E-state index contributed by atoms with van der Waals surface area (Å²) >= 11 is 0. The number of unbranched alkanes of at least 4 members (excludes halogenated alkanes) is 18. The fourth-order valence-electron chi connectivity index (χ4n) is 4.16. The molecule has 0 aliphatic rings. The van der Waals surface area contributed by atoms with Crippen LogP contribution in [0.2, 0.25) is 0 Å². The highest BCUT2D eigenvalue weighted by atomic mass is 16.4. The lowest BCUT2D eigenvalue weighted by Gasteiger charge is -2.07. The van der Waals surface area contributed by atoms with Gasteiger partial charge in [0.15, 0.2) is 5.92 Å². The van der Waals surface area contributed by atoms with Gasteiger partial charge < -0.3 is 20.4 Å². The number of carboxylic acid groups (broad SMARTS) is 4. The number of carboxylic acids is 4. The topological polar surface area (TPSA) is 149 Å². The van der Waals surface area contributed by atoms with Crippen LogP contribution >= 0.6 is 0 Å². The monoisotopic (exact) mass is 530 g/mol. The lowest BCUT2D eigenvalue weighted by molar-refractivity contribution is -0.155. The van der Waals surface area contributed by atoms with Gasteiger partial charge >= 0.3 is 23.9 Å². The molecule has 0 fully saturated rings. The molecule has 0 radical (unpaired) electrons. The maximum Gasteiger partial charge on any atom is 0.317 e. The SMILES string of the molecule is CCCCCCCCCCCCCCCCC(C(=O)O)C(=O)O.O=C(O)CCCCCCCCC(=O)O. The zero-order valence-electron chi connectivity index (χ0n) is 23.3. The van der Waals surface area contributed by atoms with Gasteiger partial charge in [-0.2, -0.15) is 0 Å². The molecule has 0 aromatic carbocycles. The Bertz CT molecular complexity index is 542. The Balaban J connectivity index is 0. The van der Waals surface area contributed by atoms with E-state index in [-0.39, 0.29) is 19.3 Å². The number of aliphatic carboxylic acids is 4. The fourth-order valence-corrected chi connectivity index (χ4v) is 4.16. The van der Waals surface area contributed by atoms with E-state index in [0.29, 0.717) is 6.42 Å². The maximum atomic E-state index is 10.7. The first kappa shape index (κ1) is 37.0. The van der Waals surface area contributed by atoms with Crippen molar-refractivity contribution in [3.05, 3.63) is 0 Å². The number of hydrogen-bond donors (Lipinski definition) is 4. The van der Waals surface area contributed by atoms with Crippen molar-refractivity contribution in [2.24, 2.45) is 5.92 Å². The van der Waals surface area contributed by atoms with E-state index in [1.807, 2.05) is 0 Å². The molecule has 8 nitrogen and oxygen atoms in total. The van der Waals surface area contributed by atoms with E-state index in [4.69, 9.17) is 20.4 Å². The average Bonchev–Trinajstić information content (AvgIpc) is 2.82. The standard InChI is InChI=1S/C19H36O4.C10H18O4/c1-2-3-4-5-6-7-8-9-10-11-12-13-14-15-16-17(18(20)21)19(22)23;11-9(12)7-5-3-1-2-4-6-8-10(13)14/h17H,2-16H2,1H3,(H,20,21)(H,22,23);1-8H2,(H,11,12)(H,13,14). The van der Waals surface area contributed by atoms with Crippen LogP contribution < -0.4 is 0 Å². The summed E-state index contributed by atoms with van der Waals surface area (Å²) in [5.41, 5.74) is 0. The van der Waals surface area contributed by atoms with Crippen LogP contribution in [0.25, 0.3) is 0 Å². The van der Waals surface area contributed by atoms with Crippen LogP contribution in [0.15, 0.2) is 0 Å². The van der Waals surface area contributed by atoms with E-state index in [1.165, 1.54) is 70.6 Å². The molecule has 0 spiro atoms. The second-order valence-corrected chi connectivity index (χ2v) is 10.0. The van der Waals surface area contributed by atoms with Crippen LogP contribution in [0.3, 0.4) is 0 Å². The Hall–Kier alpha value is -2.12. The summed E-state index contributed by atoms with van der Waals surface area (Å²) in [4.78, 5) is 41.7. The van der Waals surface area contributed by atoms with Gasteiger partial charge in [0.25, 0.3) is 0 Å². The molecule has 0 unspecified atom stereocenters. The molecule has 0 aliphatic heterocycles. The molecule has 0 amide bonds. The van der Waals surface area contributed by atoms with Crippen LogP contribution in [-0.4, -0.2) is 44.3 Å². The van der Waals surface area contributed by atoms with E-state index in [2.05, 4.69) is 6.92 Å². The molecule has 8 heteroatoms. The number of rotatable bonds is 26. The van der Waals surface area contributed by atoms with Gasteiger partial charge in [-0.15, -0.1) is 0 Å². The molecule has 0 heterocycles. The minimum Gasteiger partial charge on any atom is -0.481 e. The van der Waals surface area contributed by atoms with E-state index in [0.717, 1.165) is 51.4 Å². The zero-order chi connectivity index (χ0) is 28.2. The molecular formula is C29H54O8. The van der Waals surface area contributed by atoms with Gasteiger partial charge in [0.05, 0.1) is 0 Å². The van der Waals surface area contributed by atoms with Crippen LogP contribution in [0.5, 0.6) is 0 Å². The lowest BCUT2D eigenvalue weighted by Crippen LogP contribution is -2.23. The summed E-state index contributed by atoms with van der Waals surface area (Å²) in [5.74, 6) is -5.14. The molecule has 0 aromatic heterocycles. The second-order valence-electron chi connectivity index (χ2n) is 10.0. The minimum atomic E-state index is -1.23. The largest absolute Gasteiger partial charge is 0.481 e. The van der Waals surface area contributed by atoms with Crippen molar-refractivity contribution < 1.29 is 39.6 Å². The molecule has 37 heavy (non-hydrogen) atoms. The molecule has 218 valence electrons. The quantitative estimate of drug-likeness (QED) is 0.0650. The summed E-state index contributed by atoms with van der Waals surface area (Å²) in [5, 5.41) is 34.2. The predicted octanol–water partition coefficient (Wildman–Crippen LogP) is 7.92. The molecule has 4 N–H and O–H groups in total. The first-order valence-corrected chi connectivity index (χ1v) is 14.6. The lowest BCUT2D eigenvalue weighted by atomic mass is 10.00. The van der Waals surface area contributed by atoms with Crippen molar-refractivity contribution in [3.63, 3.8) is 0 Å². The van der Waals surface area contributed by atoms with Crippen LogP contribution in [0, 0.1) is 5.92 Å². The van der Waals surface area contributed by atoms with Crippen LogP contribution in [0.1, 0.15) is 155 Å². The smallest absolute Gasteiger partial charge is 0.317 e. The van der Waals surface area contributed by atoms with Crippen LogP contribution in [-0.2, 0) is 19.2 Å². The fraction of sp³-hybridized carbons (Fsp3) is 0.862. The Morgan fingerprint density at radius 2 is 0.703 bits per heavy atom. The molecule has 0 rings (SSSR count). The molecule has 0 aliphatic carbocycles. The Morgan fingerprint density at radius 3 is 0.973 bits per heavy atom. The second kappa shape index (κ2) is 28.5. The summed E-state index contributed by atoms with van der Waals surface area (Å²) < 4.78 is 0. The van der Waals surface area contributed by atoms with Gasteiger partial charge in [-0.1, -0.05) is 122 Å². The van der Waals surface area contributed by atoms with E-state index >= 15 is 0 Å². The van der Waals surface area contributed by atoms with Gasteiger partial charge in [0, 0.05) is 12.8 Å². The third kappa shape index (κ3) is 31.9. The highest BCUT2D eigenvalue weighted by Gasteiger charge is 2.24. The summed E-state index contributed by atoms with van der Waals surface area (Å²) in [6, 6.07) is 0. The third-order valence-corrected chi connectivity index (χ3v) is 6.47. The van der Waals surface area contributed by atoms with Crippen molar-refractivity contribution in [3.8, 4) is 0 Å². The summed E-state index contributed by atoms with van der Waals surface area (Å²) in [6.07, 6.45) is 23.4. The Morgan fingerprint density at radius 1 is 0.432 bits per heavy atom. The molecule has 0 saturated heterocycles. The highest BCUT2D eigenvalue weighted by Crippen LogP contribution is 2.15. The van der Waals surface area contributed by atoms with Gasteiger partial charge in [0.1, 0.15) is 0 Å². The van der Waals surface area contributed by atoms with E-state index < -0.39 is 29.8 Å².